The van der Waals surface area contributed by atoms with Gasteiger partial charge in [-0.3, -0.25) is 0 Å². The SMILES string of the molecule is CC=C(C)C(=O)O[C@H]1[C@H](OC(=O)C(C)=CC)[C@@]2(CO)C(CC1(C)C)C1=CCC3[C@@]4(C)CC[C@H](O[C@@H]5OC(C(=O)O)[C@@H](O)[C@@H](O[C@@H]6O[C@@H](CO)[C@@H](O)C6O)C5O[C@@H]5OC(CO)[C@@H](O)[C@@H](O)C5O)[C@](C)(CO)C4CC[C@@]3(C)[C@]1(C)C[C@H]2O. The van der Waals surface area contributed by atoms with Crippen molar-refractivity contribution in [2.45, 2.75) is 225 Å². The van der Waals surface area contributed by atoms with Crippen LogP contribution in [0.25, 0.3) is 0 Å². The highest BCUT2D eigenvalue weighted by molar-refractivity contribution is 5.89. The van der Waals surface area contributed by atoms with Gasteiger partial charge in [-0.05, 0) is 107 Å². The lowest BCUT2D eigenvalue weighted by Gasteiger charge is -2.72. The molecule has 0 aromatic carbocycles. The summed E-state index contributed by atoms with van der Waals surface area (Å²) in [6.07, 6.45) is -21.9. The van der Waals surface area contributed by atoms with Gasteiger partial charge in [0.15, 0.2) is 31.1 Å². The minimum atomic E-state index is -2.15. The molecule has 0 spiro atoms. The van der Waals surface area contributed by atoms with Gasteiger partial charge in [0.1, 0.15) is 67.1 Å². The molecule has 23 nitrogen and oxygen atoms in total. The second-order valence-electron chi connectivity index (χ2n) is 25.8. The van der Waals surface area contributed by atoms with Crippen LogP contribution in [0.15, 0.2) is 34.9 Å². The van der Waals surface area contributed by atoms with Crippen molar-refractivity contribution in [2.75, 3.05) is 26.4 Å². The van der Waals surface area contributed by atoms with E-state index in [1.54, 1.807) is 39.8 Å². The molecule has 23 heteroatoms. The van der Waals surface area contributed by atoms with Gasteiger partial charge in [-0.2, -0.15) is 0 Å². The maximum absolute atomic E-state index is 13.8. The standard InChI is InChI=1S/C57H88O23/c1-11-25(3)47(71)79-44-45(80-48(72)26(4)12-2)57(24-61)28(19-52(44,5)6)27-13-14-32-53(7)17-16-34(54(8,23-60)31(53)15-18-55(32,9)56(27,10)20-33(57)62)75-51-43(78-50-39(67)37(65)35(63)29(21-58)73-50)41(40(68)42(77-51)46(69)70)76-49-38(66)36(64)30(22-59)74-49/h11-13,28-45,49-51,58-68H,14-24H2,1-10H3,(H,69,70)/t28?,29?,30-,31?,32?,33+,34-,35+,36+,37+,38?,39?,40-,41+,42?,43?,44-,45-,49-,50-,51+,53-,54+,55+,56+,57-/m0/s1. The van der Waals surface area contributed by atoms with Gasteiger partial charge in [0.05, 0.1) is 44.1 Å². The third-order valence-corrected chi connectivity index (χ3v) is 21.4. The number of carbonyl (C=O) groups is 3. The molecule has 5 aliphatic carbocycles. The summed E-state index contributed by atoms with van der Waals surface area (Å²) in [5.41, 5.74) is -3.55. The number of carboxylic acids is 1. The number of hydrogen-bond donors (Lipinski definition) is 12. The third kappa shape index (κ3) is 9.95. The Bertz CT molecular complexity index is 2380. The molecule has 0 amide bonds. The largest absolute Gasteiger partial charge is 0.479 e. The Hall–Kier alpha value is -3.05. The summed E-state index contributed by atoms with van der Waals surface area (Å²) in [6, 6.07) is 0. The monoisotopic (exact) mass is 1140 g/mol. The highest BCUT2D eigenvalue weighted by Crippen LogP contribution is 2.76. The summed E-state index contributed by atoms with van der Waals surface area (Å²) in [7, 11) is 0. The number of aliphatic hydroxyl groups is 11. The molecule has 0 radical (unpaired) electrons. The molecule has 7 fully saturated rings. The lowest BCUT2D eigenvalue weighted by atomic mass is 9.33. The Labute approximate surface area is 466 Å². The van der Waals surface area contributed by atoms with Crippen molar-refractivity contribution in [2.24, 2.45) is 50.2 Å². The maximum atomic E-state index is 13.8. The molecule has 3 aliphatic heterocycles. The molecule has 3 heterocycles. The van der Waals surface area contributed by atoms with Crippen molar-refractivity contribution in [3.05, 3.63) is 34.9 Å². The van der Waals surface area contributed by atoms with E-state index in [4.69, 9.17) is 37.9 Å². The lowest BCUT2D eigenvalue weighted by molar-refractivity contribution is -0.387. The average Bonchev–Trinajstić information content (AvgIpc) is 3.85. The van der Waals surface area contributed by atoms with Crippen molar-refractivity contribution in [3.63, 3.8) is 0 Å². The number of aliphatic hydroxyl groups excluding tert-OH is 11. The lowest BCUT2D eigenvalue weighted by Crippen LogP contribution is -2.72. The minimum Gasteiger partial charge on any atom is -0.479 e. The number of aliphatic carboxylic acids is 1. The van der Waals surface area contributed by atoms with Crippen LogP contribution in [0, 0.1) is 50.2 Å². The Balaban J connectivity index is 1.14. The van der Waals surface area contributed by atoms with E-state index in [9.17, 15) is 75.7 Å². The first kappa shape index (κ1) is 63.0. The summed E-state index contributed by atoms with van der Waals surface area (Å²) in [6.45, 7) is 16.4. The van der Waals surface area contributed by atoms with Crippen molar-refractivity contribution in [1.82, 2.24) is 0 Å². The number of hydrogen-bond acceptors (Lipinski definition) is 22. The molecule has 4 saturated carbocycles. The van der Waals surface area contributed by atoms with Gasteiger partial charge < -0.3 is 99.2 Å². The predicted molar refractivity (Wildman–Crippen MR) is 277 cm³/mol. The van der Waals surface area contributed by atoms with Crippen LogP contribution in [-0.2, 0) is 52.3 Å². The number of esters is 2. The van der Waals surface area contributed by atoms with Gasteiger partial charge in [-0.25, -0.2) is 14.4 Å². The zero-order valence-electron chi connectivity index (χ0n) is 47.5. The summed E-state index contributed by atoms with van der Waals surface area (Å²) in [5.74, 6) is -3.87. The first-order valence-corrected chi connectivity index (χ1v) is 28.2. The highest BCUT2D eigenvalue weighted by atomic mass is 16.8. The van der Waals surface area contributed by atoms with Gasteiger partial charge in [-0.1, -0.05) is 65.3 Å². The van der Waals surface area contributed by atoms with E-state index < -0.39 is 193 Å². The molecule has 0 bridgehead atoms. The van der Waals surface area contributed by atoms with E-state index >= 15 is 0 Å². The van der Waals surface area contributed by atoms with Crippen molar-refractivity contribution in [3.8, 4) is 0 Å². The Kier molecular flexibility index (Phi) is 18.2. The van der Waals surface area contributed by atoms with E-state index in [2.05, 4.69) is 26.8 Å². The van der Waals surface area contributed by atoms with E-state index in [0.717, 1.165) is 5.57 Å². The molecule has 8 rings (SSSR count). The average molecular weight is 1140 g/mol. The molecule has 26 atom stereocenters. The second kappa shape index (κ2) is 23.1. The van der Waals surface area contributed by atoms with Crippen molar-refractivity contribution >= 4 is 17.9 Å². The number of fused-ring (bicyclic) bond motifs is 7. The van der Waals surface area contributed by atoms with E-state index in [1.165, 1.54) is 0 Å². The van der Waals surface area contributed by atoms with Gasteiger partial charge in [0.2, 0.25) is 0 Å². The second-order valence-corrected chi connectivity index (χ2v) is 25.8. The fourth-order valence-corrected chi connectivity index (χ4v) is 16.2. The first-order valence-electron chi connectivity index (χ1n) is 28.2. The van der Waals surface area contributed by atoms with E-state index in [1.807, 2.05) is 20.8 Å². The van der Waals surface area contributed by atoms with Gasteiger partial charge in [-0.15, -0.1) is 0 Å². The highest BCUT2D eigenvalue weighted by Gasteiger charge is 2.74. The molecule has 8 aliphatic rings. The fraction of sp³-hybridized carbons (Fsp3) is 0.842. The quantitative estimate of drug-likeness (QED) is 0.0453. The maximum Gasteiger partial charge on any atom is 0.335 e. The molecule has 0 aromatic heterocycles. The van der Waals surface area contributed by atoms with Crippen LogP contribution in [0.3, 0.4) is 0 Å². The van der Waals surface area contributed by atoms with Gasteiger partial charge >= 0.3 is 17.9 Å². The van der Waals surface area contributed by atoms with Crippen LogP contribution < -0.4 is 0 Å². The molecular weight excluding hydrogens is 1050 g/mol. The van der Waals surface area contributed by atoms with Crippen LogP contribution in [0.4, 0.5) is 0 Å². The third-order valence-electron chi connectivity index (χ3n) is 21.4. The minimum absolute atomic E-state index is 0.0864. The molecule has 454 valence electrons. The number of ether oxygens (including phenoxy) is 8. The molecule has 8 unspecified atom stereocenters. The summed E-state index contributed by atoms with van der Waals surface area (Å²) in [4.78, 5) is 40.3. The van der Waals surface area contributed by atoms with Crippen LogP contribution >= 0.6 is 0 Å². The fourth-order valence-electron chi connectivity index (χ4n) is 16.2. The van der Waals surface area contributed by atoms with E-state index in [-0.39, 0.29) is 24.7 Å². The first-order chi connectivity index (χ1) is 37.5. The number of rotatable bonds is 15. The molecule has 0 aromatic rings. The normalized spacial score (nSPS) is 49.3. The van der Waals surface area contributed by atoms with Crippen LogP contribution in [-0.4, -0.2) is 216 Å². The number of carboxylic acid groups (broad SMARTS) is 1. The van der Waals surface area contributed by atoms with Crippen LogP contribution in [0.1, 0.15) is 114 Å². The molecule has 12 N–H and O–H groups in total. The zero-order chi connectivity index (χ0) is 59.1. The predicted octanol–water partition coefficient (Wildman–Crippen LogP) is 0.264. The molecule has 80 heavy (non-hydrogen) atoms. The Morgan fingerprint density at radius 1 is 0.637 bits per heavy atom. The summed E-state index contributed by atoms with van der Waals surface area (Å²) < 4.78 is 49.0. The van der Waals surface area contributed by atoms with Crippen molar-refractivity contribution in [1.29, 1.82) is 0 Å². The zero-order valence-corrected chi connectivity index (χ0v) is 47.5. The van der Waals surface area contributed by atoms with E-state index in [0.29, 0.717) is 43.3 Å². The smallest absolute Gasteiger partial charge is 0.335 e. The number of carbonyl (C=O) groups excluding carboxylic acids is 2. The van der Waals surface area contributed by atoms with Gasteiger partial charge in [0.25, 0.3) is 0 Å². The summed E-state index contributed by atoms with van der Waals surface area (Å²) >= 11 is 0. The molecular formula is C57H88O23. The Morgan fingerprint density at radius 3 is 1.73 bits per heavy atom. The Morgan fingerprint density at radius 2 is 1.19 bits per heavy atom. The topological polar surface area (TPSA) is 368 Å². The van der Waals surface area contributed by atoms with Crippen molar-refractivity contribution < 1.29 is 114 Å². The van der Waals surface area contributed by atoms with Crippen LogP contribution in [0.5, 0.6) is 0 Å². The number of allylic oxidation sites excluding steroid dienone is 4. The van der Waals surface area contributed by atoms with Crippen LogP contribution in [0.2, 0.25) is 0 Å². The van der Waals surface area contributed by atoms with Gasteiger partial charge in [0, 0.05) is 22.0 Å². The molecule has 3 saturated heterocycles. The summed E-state index contributed by atoms with van der Waals surface area (Å²) in [5, 5.41) is 133.